The fourth-order valence-corrected chi connectivity index (χ4v) is 1.90. The van der Waals surface area contributed by atoms with E-state index in [1.807, 2.05) is 5.32 Å². The normalized spacial score (nSPS) is 14.7. The highest BCUT2D eigenvalue weighted by molar-refractivity contribution is 5.94. The van der Waals surface area contributed by atoms with Crippen molar-refractivity contribution in [1.29, 1.82) is 0 Å². The predicted octanol–water partition coefficient (Wildman–Crippen LogP) is -5.38. The Hall–Kier alpha value is -3.26. The van der Waals surface area contributed by atoms with Crippen LogP contribution >= 0.6 is 0 Å². The van der Waals surface area contributed by atoms with Gasteiger partial charge in [0.05, 0.1) is 31.5 Å². The molecule has 5 amide bonds. The van der Waals surface area contributed by atoms with E-state index < -0.39 is 79.1 Å². The summed E-state index contributed by atoms with van der Waals surface area (Å²) in [6.07, 6.45) is -2.59. The van der Waals surface area contributed by atoms with Crippen molar-refractivity contribution in [3.8, 4) is 0 Å². The molecule has 4 unspecified atom stereocenters. The Kier molecular flexibility index (Phi) is 10.1. The van der Waals surface area contributed by atoms with E-state index in [1.54, 1.807) is 0 Å². The molecule has 0 aromatic rings. The minimum absolute atomic E-state index is 0.442. The second-order valence-corrected chi connectivity index (χ2v) is 5.85. The zero-order valence-electron chi connectivity index (χ0n) is 15.0. The first-order valence-electron chi connectivity index (χ1n) is 7.95. The van der Waals surface area contributed by atoms with E-state index >= 15 is 0 Å². The van der Waals surface area contributed by atoms with E-state index in [4.69, 9.17) is 22.3 Å². The van der Waals surface area contributed by atoms with Crippen LogP contribution in [0.5, 0.6) is 0 Å². The minimum Gasteiger partial charge on any atom is -0.480 e. The van der Waals surface area contributed by atoms with E-state index in [2.05, 4.69) is 10.6 Å². The third-order valence-corrected chi connectivity index (χ3v) is 3.28. The summed E-state index contributed by atoms with van der Waals surface area (Å²) >= 11 is 0. The molecule has 0 aliphatic heterocycles. The van der Waals surface area contributed by atoms with Gasteiger partial charge in [0.2, 0.25) is 29.5 Å². The lowest BCUT2D eigenvalue weighted by atomic mass is 10.1. The number of carbonyl (C=O) groups excluding carboxylic acids is 5. The molecule has 0 fully saturated rings. The second kappa shape index (κ2) is 11.5. The summed E-state index contributed by atoms with van der Waals surface area (Å²) in [5.41, 5.74) is 15.2. The van der Waals surface area contributed by atoms with E-state index in [0.717, 1.165) is 6.92 Å². The van der Waals surface area contributed by atoms with E-state index in [0.29, 0.717) is 0 Å². The van der Waals surface area contributed by atoms with Gasteiger partial charge < -0.3 is 43.4 Å². The molecular formula is C14H24N6O8. The number of hydrogen-bond donors (Lipinski definition) is 8. The average molecular weight is 404 g/mol. The van der Waals surface area contributed by atoms with Crippen LogP contribution in [0.4, 0.5) is 0 Å². The molecule has 0 rings (SSSR count). The molecule has 28 heavy (non-hydrogen) atoms. The van der Waals surface area contributed by atoms with Gasteiger partial charge in [-0.2, -0.15) is 0 Å². The first kappa shape index (κ1) is 24.7. The Morgan fingerprint density at radius 1 is 0.929 bits per heavy atom. The van der Waals surface area contributed by atoms with Gasteiger partial charge in [-0.25, -0.2) is 4.79 Å². The highest BCUT2D eigenvalue weighted by Gasteiger charge is 2.30. The molecule has 0 radical (unpaired) electrons. The zero-order valence-corrected chi connectivity index (χ0v) is 15.0. The number of carboxylic acid groups (broad SMARTS) is 1. The average Bonchev–Trinajstić information content (AvgIpc) is 2.55. The van der Waals surface area contributed by atoms with Gasteiger partial charge in [0, 0.05) is 0 Å². The molecule has 0 aliphatic carbocycles. The van der Waals surface area contributed by atoms with Crippen LogP contribution in [0.3, 0.4) is 0 Å². The summed E-state index contributed by atoms with van der Waals surface area (Å²) in [5, 5.41) is 24.8. The number of amides is 5. The van der Waals surface area contributed by atoms with E-state index in [1.165, 1.54) is 0 Å². The summed E-state index contributed by atoms with van der Waals surface area (Å²) < 4.78 is 0. The maximum absolute atomic E-state index is 12.1. The third kappa shape index (κ3) is 9.44. The van der Waals surface area contributed by atoms with Crippen molar-refractivity contribution in [2.45, 2.75) is 44.0 Å². The number of rotatable bonds is 12. The molecule has 0 aromatic carbocycles. The monoisotopic (exact) mass is 404 g/mol. The molecule has 14 heteroatoms. The van der Waals surface area contributed by atoms with Gasteiger partial charge in [0.1, 0.15) is 12.1 Å². The highest BCUT2D eigenvalue weighted by atomic mass is 16.4. The molecule has 0 heterocycles. The van der Waals surface area contributed by atoms with Gasteiger partial charge in [-0.15, -0.1) is 0 Å². The number of aliphatic hydroxyl groups is 1. The summed E-state index contributed by atoms with van der Waals surface area (Å²) in [7, 11) is 0. The fourth-order valence-electron chi connectivity index (χ4n) is 1.90. The van der Waals surface area contributed by atoms with Crippen molar-refractivity contribution in [3.05, 3.63) is 0 Å². The Balaban J connectivity index is 4.83. The number of nitrogens with two attached hydrogens (primary N) is 3. The maximum atomic E-state index is 12.1. The quantitative estimate of drug-likeness (QED) is 0.154. The molecule has 0 bridgehead atoms. The van der Waals surface area contributed by atoms with Gasteiger partial charge in [-0.3, -0.25) is 24.0 Å². The lowest BCUT2D eigenvalue weighted by molar-refractivity contribution is -0.144. The number of carboxylic acids is 1. The summed E-state index contributed by atoms with van der Waals surface area (Å²) in [4.78, 5) is 68.2. The van der Waals surface area contributed by atoms with Gasteiger partial charge >= 0.3 is 5.97 Å². The molecule has 0 aromatic heterocycles. The van der Waals surface area contributed by atoms with Crippen molar-refractivity contribution in [2.24, 2.45) is 17.2 Å². The van der Waals surface area contributed by atoms with Gasteiger partial charge in [-0.1, -0.05) is 0 Å². The van der Waals surface area contributed by atoms with Crippen LogP contribution in [-0.2, 0) is 28.8 Å². The summed E-state index contributed by atoms with van der Waals surface area (Å²) in [6.45, 7) is 0.501. The molecule has 0 saturated carbocycles. The van der Waals surface area contributed by atoms with E-state index in [9.17, 15) is 33.9 Å². The first-order valence-corrected chi connectivity index (χ1v) is 7.95. The molecule has 11 N–H and O–H groups in total. The number of carbonyl (C=O) groups is 6. The van der Waals surface area contributed by atoms with Crippen LogP contribution in [0.2, 0.25) is 0 Å². The molecular weight excluding hydrogens is 380 g/mol. The van der Waals surface area contributed by atoms with Crippen LogP contribution < -0.4 is 33.2 Å². The third-order valence-electron chi connectivity index (χ3n) is 3.28. The summed E-state index contributed by atoms with van der Waals surface area (Å²) in [5.74, 6) is -6.20. The SMILES string of the molecule is CC(O)C(NC(=O)CNC(=O)C(N)CC(N)=O)C(=O)NC(CC(N)=O)C(=O)O. The van der Waals surface area contributed by atoms with Crippen LogP contribution in [0.15, 0.2) is 0 Å². The van der Waals surface area contributed by atoms with Gasteiger partial charge in [0.15, 0.2) is 0 Å². The minimum atomic E-state index is -1.66. The predicted molar refractivity (Wildman–Crippen MR) is 91.8 cm³/mol. The van der Waals surface area contributed by atoms with Crippen LogP contribution in [0, 0.1) is 0 Å². The van der Waals surface area contributed by atoms with Gasteiger partial charge in [0.25, 0.3) is 0 Å². The Morgan fingerprint density at radius 2 is 1.46 bits per heavy atom. The van der Waals surface area contributed by atoms with Gasteiger partial charge in [-0.05, 0) is 6.92 Å². The molecule has 4 atom stereocenters. The number of primary amides is 2. The Labute approximate surface area is 159 Å². The van der Waals surface area contributed by atoms with Crippen molar-refractivity contribution < 1.29 is 39.0 Å². The Morgan fingerprint density at radius 3 is 1.89 bits per heavy atom. The van der Waals surface area contributed by atoms with E-state index in [-0.39, 0.29) is 0 Å². The van der Waals surface area contributed by atoms with Crippen molar-refractivity contribution in [2.75, 3.05) is 6.54 Å². The van der Waals surface area contributed by atoms with Crippen LogP contribution in [0.25, 0.3) is 0 Å². The zero-order chi connectivity index (χ0) is 22.0. The Bertz CT molecular complexity index is 637. The molecule has 158 valence electrons. The maximum Gasteiger partial charge on any atom is 0.326 e. The molecule has 14 nitrogen and oxygen atoms in total. The lowest BCUT2D eigenvalue weighted by Crippen LogP contribution is -2.57. The number of aliphatic hydroxyl groups excluding tert-OH is 1. The van der Waals surface area contributed by atoms with Crippen molar-refractivity contribution in [1.82, 2.24) is 16.0 Å². The number of hydrogen-bond acceptors (Lipinski definition) is 8. The van der Waals surface area contributed by atoms with Crippen LogP contribution in [-0.4, -0.2) is 76.5 Å². The fraction of sp³-hybridized carbons (Fsp3) is 0.571. The first-order chi connectivity index (χ1) is 12.8. The number of nitrogens with one attached hydrogen (secondary N) is 3. The van der Waals surface area contributed by atoms with Crippen molar-refractivity contribution in [3.63, 3.8) is 0 Å². The topological polar surface area (TPSA) is 257 Å². The molecule has 0 spiro atoms. The lowest BCUT2D eigenvalue weighted by Gasteiger charge is -2.23. The second-order valence-electron chi connectivity index (χ2n) is 5.85. The van der Waals surface area contributed by atoms with Crippen molar-refractivity contribution >= 4 is 35.5 Å². The summed E-state index contributed by atoms with van der Waals surface area (Å²) in [6, 6.07) is -4.51. The molecule has 0 saturated heterocycles. The standard InChI is InChI=1S/C14H24N6O8/c1-5(21)11(13(26)19-7(14(27)28)3-9(17)23)20-10(24)4-18-12(25)6(15)2-8(16)22/h5-7,11,21H,2-4,15H2,1H3,(H2,16,22)(H2,17,23)(H,18,25)(H,19,26)(H,20,24)(H,27,28). The smallest absolute Gasteiger partial charge is 0.326 e. The number of aliphatic carboxylic acids is 1. The van der Waals surface area contributed by atoms with Crippen LogP contribution in [0.1, 0.15) is 19.8 Å². The molecule has 0 aliphatic rings. The largest absolute Gasteiger partial charge is 0.480 e. The highest BCUT2D eigenvalue weighted by Crippen LogP contribution is 1.98.